The van der Waals surface area contributed by atoms with Crippen LogP contribution in [0.5, 0.6) is 0 Å². The van der Waals surface area contributed by atoms with Gasteiger partial charge in [-0.25, -0.2) is 4.98 Å². The summed E-state index contributed by atoms with van der Waals surface area (Å²) in [5.74, 6) is 1.90. The Balaban J connectivity index is 1.61. The van der Waals surface area contributed by atoms with Gasteiger partial charge in [0.25, 0.3) is 0 Å². The van der Waals surface area contributed by atoms with Gasteiger partial charge in [0.15, 0.2) is 11.6 Å². The van der Waals surface area contributed by atoms with Crippen molar-refractivity contribution in [2.45, 2.75) is 6.92 Å². The van der Waals surface area contributed by atoms with Gasteiger partial charge in [-0.15, -0.1) is 11.3 Å². The average Bonchev–Trinajstić information content (AvgIpc) is 3.51. The Hall–Kier alpha value is -4.87. The normalized spacial score (nSPS) is 11.7. The lowest BCUT2D eigenvalue weighted by Gasteiger charge is -2.11. The zero-order valence-corrected chi connectivity index (χ0v) is 22.2. The van der Waals surface area contributed by atoms with E-state index in [9.17, 15) is 0 Å². The van der Waals surface area contributed by atoms with E-state index < -0.39 is 0 Å². The molecule has 0 saturated heterocycles. The second-order valence-electron chi connectivity index (χ2n) is 9.38. The second kappa shape index (κ2) is 9.46. The molecule has 5 heteroatoms. The molecule has 3 heterocycles. The van der Waals surface area contributed by atoms with E-state index in [1.165, 1.54) is 20.2 Å². The summed E-state index contributed by atoms with van der Waals surface area (Å²) in [6, 6.07) is 33.3. The zero-order valence-electron chi connectivity index (χ0n) is 21.4. The van der Waals surface area contributed by atoms with Crippen molar-refractivity contribution in [2.75, 3.05) is 0 Å². The van der Waals surface area contributed by atoms with Gasteiger partial charge in [-0.1, -0.05) is 116 Å². The number of nitrogens with zero attached hydrogens (tertiary/aromatic N) is 4. The predicted molar refractivity (Wildman–Crippen MR) is 164 cm³/mol. The molecule has 7 aromatic rings. The van der Waals surface area contributed by atoms with Crippen LogP contribution in [0.15, 0.2) is 116 Å². The first kappa shape index (κ1) is 23.3. The third-order valence-electron chi connectivity index (χ3n) is 7.05. The largest absolute Gasteiger partial charge is 0.280 e. The summed E-state index contributed by atoms with van der Waals surface area (Å²) >= 11 is 1.81. The van der Waals surface area contributed by atoms with Gasteiger partial charge in [-0.05, 0) is 13.0 Å². The van der Waals surface area contributed by atoms with Crippen molar-refractivity contribution < 1.29 is 0 Å². The predicted octanol–water partition coefficient (Wildman–Crippen LogP) is 9.03. The first-order valence-corrected chi connectivity index (χ1v) is 13.7. The van der Waals surface area contributed by atoms with Gasteiger partial charge < -0.3 is 0 Å². The first-order valence-electron chi connectivity index (χ1n) is 12.8. The molecule has 186 valence electrons. The number of benzene rings is 4. The molecule has 0 N–H and O–H groups in total. The lowest BCUT2D eigenvalue weighted by Crippen LogP contribution is -2.07. The summed E-state index contributed by atoms with van der Waals surface area (Å²) in [5, 5.41) is 3.66. The van der Waals surface area contributed by atoms with Crippen LogP contribution >= 0.6 is 11.3 Å². The van der Waals surface area contributed by atoms with Gasteiger partial charge in [-0.2, -0.15) is 9.97 Å². The molecule has 4 nitrogen and oxygen atoms in total. The molecule has 0 saturated carbocycles. The van der Waals surface area contributed by atoms with E-state index in [-0.39, 0.29) is 0 Å². The Morgan fingerprint density at radius 2 is 1.31 bits per heavy atom. The molecule has 0 atom stereocenters. The molecule has 7 rings (SSSR count). The molecular formula is C34H24N4S. The highest BCUT2D eigenvalue weighted by atomic mass is 32.1. The molecule has 3 aromatic heterocycles. The van der Waals surface area contributed by atoms with E-state index in [2.05, 4.69) is 60.5 Å². The van der Waals surface area contributed by atoms with Crippen LogP contribution in [-0.4, -0.2) is 19.5 Å². The fraction of sp³-hybridized carbons (Fsp3) is 0.0294. The van der Waals surface area contributed by atoms with E-state index in [0.29, 0.717) is 17.6 Å². The summed E-state index contributed by atoms with van der Waals surface area (Å²) in [6.07, 6.45) is 5.92. The Morgan fingerprint density at radius 3 is 1.97 bits per heavy atom. The van der Waals surface area contributed by atoms with Crippen LogP contribution in [-0.2, 0) is 0 Å². The molecule has 0 aliphatic carbocycles. The Labute approximate surface area is 230 Å². The van der Waals surface area contributed by atoms with Crippen molar-refractivity contribution in [3.63, 3.8) is 0 Å². The summed E-state index contributed by atoms with van der Waals surface area (Å²) in [7, 11) is 0. The molecule has 0 fully saturated rings. The highest BCUT2D eigenvalue weighted by molar-refractivity contribution is 7.26. The number of hydrogen-bond donors (Lipinski definition) is 0. The third kappa shape index (κ3) is 3.87. The lowest BCUT2D eigenvalue weighted by molar-refractivity contribution is 0.908. The summed E-state index contributed by atoms with van der Waals surface area (Å²) < 4.78 is 4.69. The second-order valence-corrected chi connectivity index (χ2v) is 10.4. The monoisotopic (exact) mass is 520 g/mol. The summed E-state index contributed by atoms with van der Waals surface area (Å²) in [5.41, 5.74) is 5.21. The average molecular weight is 521 g/mol. The highest BCUT2D eigenvalue weighted by Gasteiger charge is 2.21. The minimum Gasteiger partial charge on any atom is -0.280 e. The molecule has 0 amide bonds. The van der Waals surface area contributed by atoms with Crippen molar-refractivity contribution in [3.8, 4) is 28.7 Å². The fourth-order valence-corrected chi connectivity index (χ4v) is 6.46. The van der Waals surface area contributed by atoms with Crippen molar-refractivity contribution in [1.82, 2.24) is 19.5 Å². The molecule has 0 aliphatic rings. The molecule has 0 bridgehead atoms. The molecule has 0 unspecified atom stereocenters. The van der Waals surface area contributed by atoms with E-state index in [0.717, 1.165) is 33.3 Å². The fourth-order valence-electron chi connectivity index (χ4n) is 5.22. The van der Waals surface area contributed by atoms with E-state index in [1.54, 1.807) is 0 Å². The maximum atomic E-state index is 5.07. The first-order chi connectivity index (χ1) is 19.2. The molecule has 39 heavy (non-hydrogen) atoms. The number of aromatic nitrogens is 4. The Morgan fingerprint density at radius 1 is 0.692 bits per heavy atom. The number of allylic oxidation sites excluding steroid dienone is 2. The molecular weight excluding hydrogens is 496 g/mol. The lowest BCUT2D eigenvalue weighted by atomic mass is 10.1. The smallest absolute Gasteiger partial charge is 0.238 e. The van der Waals surface area contributed by atoms with Gasteiger partial charge in [0.05, 0.1) is 10.2 Å². The quantitative estimate of drug-likeness (QED) is 0.213. The molecule has 4 aromatic carbocycles. The van der Waals surface area contributed by atoms with Crippen LogP contribution in [0.3, 0.4) is 0 Å². The van der Waals surface area contributed by atoms with Crippen LogP contribution in [0.2, 0.25) is 0 Å². The number of thiophene rings is 1. The minimum absolute atomic E-state index is 0.605. The van der Waals surface area contributed by atoms with Crippen LogP contribution in [0.1, 0.15) is 11.3 Å². The van der Waals surface area contributed by atoms with Crippen LogP contribution in [0.4, 0.5) is 0 Å². The maximum Gasteiger partial charge on any atom is 0.238 e. The van der Waals surface area contributed by atoms with Crippen molar-refractivity contribution >= 4 is 48.5 Å². The number of fused-ring (bicyclic) bond motifs is 5. The van der Waals surface area contributed by atoms with E-state index in [4.69, 9.17) is 15.0 Å². The maximum absolute atomic E-state index is 5.07. The topological polar surface area (TPSA) is 43.6 Å². The van der Waals surface area contributed by atoms with Gasteiger partial charge in [0.1, 0.15) is 0 Å². The van der Waals surface area contributed by atoms with Crippen molar-refractivity contribution in [1.29, 1.82) is 0 Å². The van der Waals surface area contributed by atoms with Crippen LogP contribution < -0.4 is 0 Å². The summed E-state index contributed by atoms with van der Waals surface area (Å²) in [6.45, 7) is 6.03. The van der Waals surface area contributed by atoms with Crippen molar-refractivity contribution in [3.05, 3.63) is 127 Å². The standard InChI is InChI=1S/C34H24N4S/c1-3-4-17-25-22(2)38(30-27(25)20-21-28-26-18-11-12-19-29(26)39-31(28)30)34-36-32(23-13-7-5-8-14-23)35-33(37-34)24-15-9-6-10-16-24/h3-21H,1H2,2H3/b17-4-. The summed E-state index contributed by atoms with van der Waals surface area (Å²) in [4.78, 5) is 15.0. The van der Waals surface area contributed by atoms with Gasteiger partial charge in [0, 0.05) is 43.2 Å². The van der Waals surface area contributed by atoms with Crippen LogP contribution in [0, 0.1) is 6.92 Å². The molecule has 0 aliphatic heterocycles. The van der Waals surface area contributed by atoms with Gasteiger partial charge in [-0.3, -0.25) is 4.57 Å². The highest BCUT2D eigenvalue weighted by Crippen LogP contribution is 2.42. The SMILES string of the molecule is C=C/C=C\c1c(C)n(-c2nc(-c3ccccc3)nc(-c3ccccc3)n2)c2c1ccc1c3ccccc3sc12. The zero-order chi connectivity index (χ0) is 26.3. The Kier molecular flexibility index (Phi) is 5.64. The van der Waals surface area contributed by atoms with Crippen molar-refractivity contribution in [2.24, 2.45) is 0 Å². The van der Waals surface area contributed by atoms with Crippen LogP contribution in [0.25, 0.3) is 65.9 Å². The molecule has 0 spiro atoms. The van der Waals surface area contributed by atoms with E-state index in [1.807, 2.05) is 84.2 Å². The van der Waals surface area contributed by atoms with Gasteiger partial charge >= 0.3 is 0 Å². The number of hydrogen-bond acceptors (Lipinski definition) is 4. The Bertz CT molecular complexity index is 1980. The van der Waals surface area contributed by atoms with Gasteiger partial charge in [0.2, 0.25) is 5.95 Å². The van der Waals surface area contributed by atoms with E-state index >= 15 is 0 Å². The molecule has 0 radical (unpaired) electrons. The third-order valence-corrected chi connectivity index (χ3v) is 8.24. The minimum atomic E-state index is 0.605. The number of rotatable bonds is 5.